The van der Waals surface area contributed by atoms with Gasteiger partial charge >= 0.3 is 6.18 Å². The molecule has 192 valence electrons. The van der Waals surface area contributed by atoms with Crippen LogP contribution in [0, 0.1) is 0 Å². The van der Waals surface area contributed by atoms with Crippen molar-refractivity contribution in [3.05, 3.63) is 71.4 Å². The van der Waals surface area contributed by atoms with Crippen LogP contribution in [0.2, 0.25) is 0 Å². The maximum Gasteiger partial charge on any atom is 0.416 e. The van der Waals surface area contributed by atoms with Crippen molar-refractivity contribution in [2.24, 2.45) is 0 Å². The van der Waals surface area contributed by atoms with Crippen LogP contribution >= 0.6 is 11.8 Å². The molecule has 1 aliphatic heterocycles. The van der Waals surface area contributed by atoms with Gasteiger partial charge in [-0.2, -0.15) is 13.2 Å². The lowest BCUT2D eigenvalue weighted by Crippen LogP contribution is -2.46. The molecule has 0 atom stereocenters. The van der Waals surface area contributed by atoms with Crippen molar-refractivity contribution >= 4 is 28.6 Å². The van der Waals surface area contributed by atoms with Gasteiger partial charge in [0.25, 0.3) is 5.91 Å². The van der Waals surface area contributed by atoms with Gasteiger partial charge in [-0.05, 0) is 60.9 Å². The van der Waals surface area contributed by atoms with Crippen LogP contribution in [-0.2, 0) is 12.6 Å². The number of nitrogens with zero attached hydrogens (tertiary/aromatic N) is 2. The molecule has 4 nitrogen and oxygen atoms in total. The fourth-order valence-electron chi connectivity index (χ4n) is 4.43. The first-order valence-electron chi connectivity index (χ1n) is 12.6. The molecule has 1 aliphatic rings. The molecule has 8 heteroatoms. The van der Waals surface area contributed by atoms with Gasteiger partial charge in [0, 0.05) is 48.2 Å². The van der Waals surface area contributed by atoms with E-state index in [0.29, 0.717) is 5.52 Å². The van der Waals surface area contributed by atoms with Gasteiger partial charge in [0.05, 0.1) is 11.1 Å². The normalized spacial score (nSPS) is 14.4. The second-order valence-corrected chi connectivity index (χ2v) is 10.3. The summed E-state index contributed by atoms with van der Waals surface area (Å²) >= 11 is 1.68. The summed E-state index contributed by atoms with van der Waals surface area (Å²) in [4.78, 5) is 19.6. The Balaban J connectivity index is 1.13. The minimum absolute atomic E-state index is 0.117. The van der Waals surface area contributed by atoms with Crippen molar-refractivity contribution in [1.82, 2.24) is 15.2 Å². The molecule has 0 bridgehead atoms. The third-order valence-electron chi connectivity index (χ3n) is 6.50. The number of pyridine rings is 1. The zero-order chi connectivity index (χ0) is 25.4. The molecule has 1 aromatic heterocycles. The highest BCUT2D eigenvalue weighted by molar-refractivity contribution is 7.99. The fraction of sp³-hybridized carbons (Fsp3) is 0.429. The van der Waals surface area contributed by atoms with Gasteiger partial charge < -0.3 is 10.2 Å². The molecule has 4 rings (SSSR count). The molecule has 1 fully saturated rings. The zero-order valence-corrected chi connectivity index (χ0v) is 21.1. The number of carbonyl (C=O) groups excluding carboxylic acids is 1. The molecule has 0 radical (unpaired) electrons. The number of aromatic nitrogens is 1. The number of hydrogen-bond acceptors (Lipinski definition) is 4. The number of benzene rings is 2. The first kappa shape index (κ1) is 26.5. The van der Waals surface area contributed by atoms with Crippen molar-refractivity contribution in [2.75, 3.05) is 31.9 Å². The molecule has 0 saturated carbocycles. The van der Waals surface area contributed by atoms with Crippen LogP contribution in [0.25, 0.3) is 10.9 Å². The first-order chi connectivity index (χ1) is 17.4. The van der Waals surface area contributed by atoms with E-state index < -0.39 is 11.7 Å². The molecule has 2 aromatic carbocycles. The van der Waals surface area contributed by atoms with Crippen molar-refractivity contribution in [1.29, 1.82) is 0 Å². The van der Waals surface area contributed by atoms with Crippen LogP contribution in [0.15, 0.2) is 59.6 Å². The van der Waals surface area contributed by atoms with E-state index in [2.05, 4.69) is 22.4 Å². The van der Waals surface area contributed by atoms with Crippen LogP contribution in [0.4, 0.5) is 13.2 Å². The van der Waals surface area contributed by atoms with Gasteiger partial charge in [-0.3, -0.25) is 9.78 Å². The summed E-state index contributed by atoms with van der Waals surface area (Å²) in [6.45, 7) is 3.24. The van der Waals surface area contributed by atoms with Crippen LogP contribution < -0.4 is 5.32 Å². The van der Waals surface area contributed by atoms with E-state index in [1.807, 2.05) is 23.1 Å². The molecule has 36 heavy (non-hydrogen) atoms. The van der Waals surface area contributed by atoms with Crippen molar-refractivity contribution in [3.8, 4) is 0 Å². The fourth-order valence-corrected chi connectivity index (χ4v) is 5.49. The molecular formula is C28H32F3N3OS. The zero-order valence-electron chi connectivity index (χ0n) is 20.3. The number of unbranched alkanes of at least 4 members (excludes halogenated alkanes) is 4. The highest BCUT2D eigenvalue weighted by Crippen LogP contribution is 2.34. The number of aryl methyl sites for hydroxylation is 1. The largest absolute Gasteiger partial charge is 0.416 e. The molecule has 3 aromatic rings. The third kappa shape index (κ3) is 7.23. The Hall–Kier alpha value is -2.58. The number of thioether (sulfide) groups is 1. The summed E-state index contributed by atoms with van der Waals surface area (Å²) in [6, 6.07) is 13.7. The summed E-state index contributed by atoms with van der Waals surface area (Å²) < 4.78 is 38.8. The van der Waals surface area contributed by atoms with E-state index in [1.165, 1.54) is 11.6 Å². The predicted molar refractivity (Wildman–Crippen MR) is 139 cm³/mol. The van der Waals surface area contributed by atoms with E-state index >= 15 is 0 Å². The lowest BCUT2D eigenvalue weighted by atomic mass is 10.0. The van der Waals surface area contributed by atoms with E-state index in [4.69, 9.17) is 0 Å². The Morgan fingerprint density at radius 1 is 0.944 bits per heavy atom. The summed E-state index contributed by atoms with van der Waals surface area (Å²) in [7, 11) is 0. The smallest absolute Gasteiger partial charge is 0.336 e. The van der Waals surface area contributed by atoms with Crippen LogP contribution in [0.5, 0.6) is 0 Å². The minimum atomic E-state index is -4.35. The molecule has 1 N–H and O–H groups in total. The number of amides is 1. The number of alkyl halides is 3. The van der Waals surface area contributed by atoms with Gasteiger partial charge in [-0.25, -0.2) is 0 Å². The van der Waals surface area contributed by atoms with E-state index in [0.717, 1.165) is 98.4 Å². The van der Waals surface area contributed by atoms with Crippen LogP contribution in [0.1, 0.15) is 53.6 Å². The van der Waals surface area contributed by atoms with Crippen molar-refractivity contribution < 1.29 is 18.0 Å². The van der Waals surface area contributed by atoms with Gasteiger partial charge in [-0.15, -0.1) is 11.8 Å². The lowest BCUT2D eigenvalue weighted by molar-refractivity contribution is -0.137. The standard InChI is InChI=1S/C28H32F3N3OS/c29-28(30,31)23-11-12-24-25(20-23)33-14-13-26(24)36-19-5-3-1-2-4-6-21-7-9-22(10-8-21)27(35)34-17-15-32-16-18-34/h7-14,20,32H,1-6,15-19H2. The average molecular weight is 516 g/mol. The maximum atomic E-state index is 12.9. The number of halogens is 3. The number of fused-ring (bicyclic) bond motifs is 1. The topological polar surface area (TPSA) is 45.2 Å². The Morgan fingerprint density at radius 2 is 1.67 bits per heavy atom. The molecule has 0 unspecified atom stereocenters. The second kappa shape index (κ2) is 12.6. The average Bonchev–Trinajstić information content (AvgIpc) is 2.90. The quantitative estimate of drug-likeness (QED) is 0.245. The predicted octanol–water partition coefficient (Wildman–Crippen LogP) is 6.58. The third-order valence-corrected chi connectivity index (χ3v) is 7.66. The van der Waals surface area contributed by atoms with Crippen molar-refractivity contribution in [3.63, 3.8) is 0 Å². The highest BCUT2D eigenvalue weighted by Gasteiger charge is 2.30. The number of rotatable bonds is 10. The minimum Gasteiger partial charge on any atom is -0.336 e. The molecule has 0 spiro atoms. The van der Waals surface area contributed by atoms with Gasteiger partial charge in [0.15, 0.2) is 0 Å². The molecule has 0 aliphatic carbocycles. The molecule has 1 amide bonds. The second-order valence-electron chi connectivity index (χ2n) is 9.14. The number of carbonyl (C=O) groups is 1. The van der Waals surface area contributed by atoms with Crippen LogP contribution in [0.3, 0.4) is 0 Å². The summed E-state index contributed by atoms with van der Waals surface area (Å²) in [5.74, 6) is 1.05. The monoisotopic (exact) mass is 515 g/mol. The molecule has 1 saturated heterocycles. The van der Waals surface area contributed by atoms with Crippen LogP contribution in [-0.4, -0.2) is 47.7 Å². The summed E-state index contributed by atoms with van der Waals surface area (Å²) in [6.07, 6.45) is 3.88. The Morgan fingerprint density at radius 3 is 2.42 bits per heavy atom. The SMILES string of the molecule is O=C(c1ccc(CCCCCCCSc2ccnc3cc(C(F)(F)F)ccc23)cc1)N1CCNCC1. The maximum absolute atomic E-state index is 12.9. The first-order valence-corrected chi connectivity index (χ1v) is 13.6. The number of hydrogen-bond donors (Lipinski definition) is 1. The van der Waals surface area contributed by atoms with E-state index in [9.17, 15) is 18.0 Å². The molecule has 2 heterocycles. The van der Waals surface area contributed by atoms with Gasteiger partial charge in [-0.1, -0.05) is 37.5 Å². The Labute approximate surface area is 214 Å². The van der Waals surface area contributed by atoms with Gasteiger partial charge in [0.1, 0.15) is 0 Å². The Bertz CT molecular complexity index is 1140. The summed E-state index contributed by atoms with van der Waals surface area (Å²) in [5.41, 5.74) is 1.75. The van der Waals surface area contributed by atoms with E-state index in [-0.39, 0.29) is 5.91 Å². The van der Waals surface area contributed by atoms with Crippen molar-refractivity contribution in [2.45, 2.75) is 49.6 Å². The van der Waals surface area contributed by atoms with Gasteiger partial charge in [0.2, 0.25) is 0 Å². The highest BCUT2D eigenvalue weighted by atomic mass is 32.2. The number of nitrogens with one attached hydrogen (secondary N) is 1. The lowest BCUT2D eigenvalue weighted by Gasteiger charge is -2.27. The number of piperazine rings is 1. The molecular weight excluding hydrogens is 483 g/mol. The van der Waals surface area contributed by atoms with E-state index in [1.54, 1.807) is 18.0 Å². The summed E-state index contributed by atoms with van der Waals surface area (Å²) in [5, 5.41) is 4.04. The Kier molecular flexibility index (Phi) is 9.26.